The van der Waals surface area contributed by atoms with E-state index in [4.69, 9.17) is 5.73 Å². The summed E-state index contributed by atoms with van der Waals surface area (Å²) < 4.78 is 12.3. The van der Waals surface area contributed by atoms with Gasteiger partial charge in [-0.05, 0) is 24.0 Å². The lowest BCUT2D eigenvalue weighted by molar-refractivity contribution is 0.253. The van der Waals surface area contributed by atoms with Crippen LogP contribution in [0.5, 0.6) is 0 Å². The van der Waals surface area contributed by atoms with E-state index in [-0.39, 0.29) is 12.1 Å². The lowest BCUT2D eigenvalue weighted by atomic mass is 9.64. The van der Waals surface area contributed by atoms with Crippen molar-refractivity contribution in [2.24, 2.45) is 5.73 Å². The van der Waals surface area contributed by atoms with Crippen LogP contribution in [0.25, 0.3) is 0 Å². The molecule has 2 heteroatoms. The number of hydrogen-bond acceptors (Lipinski definition) is 1. The molecule has 0 aromatic heterocycles. The first-order chi connectivity index (χ1) is 6.80. The minimum absolute atomic E-state index is 0.203. The van der Waals surface area contributed by atoms with E-state index in [2.05, 4.69) is 0 Å². The second-order valence-electron chi connectivity index (χ2n) is 4.17. The van der Waals surface area contributed by atoms with Crippen LogP contribution in [0.2, 0.25) is 0 Å². The number of alkyl halides is 1. The summed E-state index contributed by atoms with van der Waals surface area (Å²) in [6.45, 7) is 0.331. The van der Waals surface area contributed by atoms with Crippen LogP contribution < -0.4 is 5.73 Å². The molecule has 0 amide bonds. The topological polar surface area (TPSA) is 26.0 Å². The van der Waals surface area contributed by atoms with Crippen LogP contribution in [0, 0.1) is 0 Å². The summed E-state index contributed by atoms with van der Waals surface area (Å²) in [6, 6.07) is 7.79. The van der Waals surface area contributed by atoms with Crippen molar-refractivity contribution in [1.29, 1.82) is 0 Å². The predicted molar refractivity (Wildman–Crippen MR) is 55.8 cm³/mol. The van der Waals surface area contributed by atoms with Gasteiger partial charge in [0.2, 0.25) is 0 Å². The molecule has 0 atom stereocenters. The molecule has 14 heavy (non-hydrogen) atoms. The molecule has 1 aromatic rings. The molecule has 0 radical (unpaired) electrons. The van der Waals surface area contributed by atoms with E-state index in [1.807, 2.05) is 24.3 Å². The highest BCUT2D eigenvalue weighted by molar-refractivity contribution is 5.31. The van der Waals surface area contributed by atoms with Gasteiger partial charge in [0.1, 0.15) is 6.67 Å². The zero-order valence-electron chi connectivity index (χ0n) is 8.30. The van der Waals surface area contributed by atoms with Gasteiger partial charge in [-0.3, -0.25) is 0 Å². The molecule has 76 valence electrons. The Labute approximate surface area is 84.1 Å². The monoisotopic (exact) mass is 193 g/mol. The number of benzene rings is 1. The molecule has 0 bridgehead atoms. The SMILES string of the molecule is NCC1(c2ccc(CF)cc2)CCC1. The summed E-state index contributed by atoms with van der Waals surface area (Å²) in [5.41, 5.74) is 8.03. The lowest BCUT2D eigenvalue weighted by Crippen LogP contribution is -2.41. The van der Waals surface area contributed by atoms with E-state index in [0.29, 0.717) is 6.54 Å². The number of hydrogen-bond donors (Lipinski definition) is 1. The van der Waals surface area contributed by atoms with Crippen LogP contribution in [0.1, 0.15) is 30.4 Å². The Morgan fingerprint density at radius 2 is 1.86 bits per heavy atom. The van der Waals surface area contributed by atoms with Crippen LogP contribution in [0.15, 0.2) is 24.3 Å². The minimum atomic E-state index is -0.379. The molecule has 1 saturated carbocycles. The van der Waals surface area contributed by atoms with E-state index in [9.17, 15) is 4.39 Å². The van der Waals surface area contributed by atoms with Crippen molar-refractivity contribution in [3.05, 3.63) is 35.4 Å². The molecule has 2 rings (SSSR count). The molecular formula is C12H16FN. The molecule has 1 aromatic carbocycles. The smallest absolute Gasteiger partial charge is 0.115 e. The Kier molecular flexibility index (Phi) is 2.55. The van der Waals surface area contributed by atoms with E-state index < -0.39 is 0 Å². The Bertz CT molecular complexity index is 295. The third-order valence-corrected chi connectivity index (χ3v) is 3.42. The maximum atomic E-state index is 12.3. The quantitative estimate of drug-likeness (QED) is 0.784. The fourth-order valence-corrected chi connectivity index (χ4v) is 2.16. The minimum Gasteiger partial charge on any atom is -0.330 e. The Balaban J connectivity index is 2.23. The first kappa shape index (κ1) is 9.66. The van der Waals surface area contributed by atoms with Gasteiger partial charge in [0, 0.05) is 12.0 Å². The van der Waals surface area contributed by atoms with Crippen LogP contribution in [-0.2, 0) is 12.1 Å². The van der Waals surface area contributed by atoms with Gasteiger partial charge >= 0.3 is 0 Å². The molecule has 0 spiro atoms. The van der Waals surface area contributed by atoms with Crippen molar-refractivity contribution in [2.45, 2.75) is 31.4 Å². The highest BCUT2D eigenvalue weighted by Gasteiger charge is 2.36. The Morgan fingerprint density at radius 3 is 2.21 bits per heavy atom. The van der Waals surface area contributed by atoms with Crippen molar-refractivity contribution in [3.63, 3.8) is 0 Å². The van der Waals surface area contributed by atoms with Crippen molar-refractivity contribution < 1.29 is 4.39 Å². The standard InChI is InChI=1S/C12H16FN/c13-8-10-2-4-11(5-3-10)12(9-14)6-1-7-12/h2-5H,1,6-9,14H2. The third-order valence-electron chi connectivity index (χ3n) is 3.42. The highest BCUT2D eigenvalue weighted by atomic mass is 19.1. The number of rotatable bonds is 3. The van der Waals surface area contributed by atoms with Gasteiger partial charge in [0.05, 0.1) is 0 Å². The molecule has 1 aliphatic rings. The first-order valence-electron chi connectivity index (χ1n) is 5.16. The van der Waals surface area contributed by atoms with Gasteiger partial charge in [0.25, 0.3) is 0 Å². The zero-order chi connectivity index (χ0) is 10.0. The predicted octanol–water partition coefficient (Wildman–Crippen LogP) is 2.54. The summed E-state index contributed by atoms with van der Waals surface area (Å²) in [5, 5.41) is 0. The van der Waals surface area contributed by atoms with Crippen LogP contribution in [-0.4, -0.2) is 6.54 Å². The molecule has 1 aliphatic carbocycles. The highest BCUT2D eigenvalue weighted by Crippen LogP contribution is 2.42. The van der Waals surface area contributed by atoms with Gasteiger partial charge in [-0.1, -0.05) is 30.7 Å². The summed E-state index contributed by atoms with van der Waals surface area (Å²) in [7, 11) is 0. The summed E-state index contributed by atoms with van der Waals surface area (Å²) in [6.07, 6.45) is 3.62. The van der Waals surface area contributed by atoms with Crippen molar-refractivity contribution >= 4 is 0 Å². The summed E-state index contributed by atoms with van der Waals surface area (Å²) in [5.74, 6) is 0. The van der Waals surface area contributed by atoms with Crippen molar-refractivity contribution in [2.75, 3.05) is 6.54 Å². The Hall–Kier alpha value is -0.890. The second kappa shape index (κ2) is 3.70. The fraction of sp³-hybridized carbons (Fsp3) is 0.500. The van der Waals surface area contributed by atoms with Crippen LogP contribution in [0.4, 0.5) is 4.39 Å². The maximum Gasteiger partial charge on any atom is 0.115 e. The lowest BCUT2D eigenvalue weighted by Gasteiger charge is -2.41. The normalized spacial score (nSPS) is 19.0. The molecule has 0 aliphatic heterocycles. The number of halogens is 1. The molecule has 0 heterocycles. The van der Waals surface area contributed by atoms with Crippen molar-refractivity contribution in [1.82, 2.24) is 0 Å². The zero-order valence-corrected chi connectivity index (χ0v) is 8.30. The second-order valence-corrected chi connectivity index (χ2v) is 4.17. The van der Waals surface area contributed by atoms with Crippen molar-refractivity contribution in [3.8, 4) is 0 Å². The van der Waals surface area contributed by atoms with E-state index in [0.717, 1.165) is 5.56 Å². The van der Waals surface area contributed by atoms with Gasteiger partial charge in [-0.15, -0.1) is 0 Å². The van der Waals surface area contributed by atoms with E-state index in [1.54, 1.807) is 0 Å². The van der Waals surface area contributed by atoms with Gasteiger partial charge < -0.3 is 5.73 Å². The average molecular weight is 193 g/mol. The molecule has 0 saturated heterocycles. The van der Waals surface area contributed by atoms with Gasteiger partial charge in [-0.25, -0.2) is 4.39 Å². The first-order valence-corrected chi connectivity index (χ1v) is 5.16. The average Bonchev–Trinajstić information content (AvgIpc) is 2.18. The molecule has 0 unspecified atom stereocenters. The summed E-state index contributed by atoms with van der Waals surface area (Å²) in [4.78, 5) is 0. The van der Waals surface area contributed by atoms with Gasteiger partial charge in [-0.2, -0.15) is 0 Å². The molecule has 1 fully saturated rings. The maximum absolute atomic E-state index is 12.3. The molecular weight excluding hydrogens is 177 g/mol. The fourth-order valence-electron chi connectivity index (χ4n) is 2.16. The Morgan fingerprint density at radius 1 is 1.21 bits per heavy atom. The molecule has 2 N–H and O–H groups in total. The summed E-state index contributed by atoms with van der Waals surface area (Å²) >= 11 is 0. The van der Waals surface area contributed by atoms with E-state index >= 15 is 0 Å². The number of nitrogens with two attached hydrogens (primary N) is 1. The van der Waals surface area contributed by atoms with Gasteiger partial charge in [0.15, 0.2) is 0 Å². The molecule has 1 nitrogen and oxygen atoms in total. The van der Waals surface area contributed by atoms with E-state index in [1.165, 1.54) is 24.8 Å². The largest absolute Gasteiger partial charge is 0.330 e. The van der Waals surface area contributed by atoms with Crippen LogP contribution >= 0.6 is 0 Å². The van der Waals surface area contributed by atoms with Crippen LogP contribution in [0.3, 0.4) is 0 Å². The third kappa shape index (κ3) is 1.44.